The summed E-state index contributed by atoms with van der Waals surface area (Å²) in [6, 6.07) is 2.13. The van der Waals surface area contributed by atoms with Gasteiger partial charge in [0.1, 0.15) is 10.8 Å². The van der Waals surface area contributed by atoms with Gasteiger partial charge < -0.3 is 5.32 Å². The number of halogens is 2. The molecule has 1 saturated carbocycles. The molecule has 0 amide bonds. The molecule has 0 spiro atoms. The molecule has 0 radical (unpaired) electrons. The van der Waals surface area contributed by atoms with Crippen LogP contribution in [-0.2, 0) is 6.54 Å². The van der Waals surface area contributed by atoms with Crippen molar-refractivity contribution in [2.45, 2.75) is 25.4 Å². The van der Waals surface area contributed by atoms with Crippen molar-refractivity contribution in [3.63, 3.8) is 0 Å². The Bertz CT molecular complexity index is 703. The lowest BCUT2D eigenvalue weighted by Gasteiger charge is -2.01. The summed E-state index contributed by atoms with van der Waals surface area (Å²) in [5.74, 6) is -2.12. The number of nitro groups is 1. The van der Waals surface area contributed by atoms with Gasteiger partial charge in [-0.1, -0.05) is 11.3 Å². The SMILES string of the molecule is O=[N+]([O-])c1ccc(F)c(-c2nnc(CNC3CC3)s2)c1F. The Morgan fingerprint density at radius 1 is 1.38 bits per heavy atom. The maximum Gasteiger partial charge on any atom is 0.305 e. The second kappa shape index (κ2) is 5.41. The van der Waals surface area contributed by atoms with Crippen molar-refractivity contribution in [1.29, 1.82) is 0 Å². The number of nitrogens with zero attached hydrogens (tertiary/aromatic N) is 3. The lowest BCUT2D eigenvalue weighted by Crippen LogP contribution is -2.14. The molecule has 0 atom stereocenters. The molecule has 0 bridgehead atoms. The third-order valence-electron chi connectivity index (χ3n) is 3.07. The van der Waals surface area contributed by atoms with Crippen LogP contribution in [0.15, 0.2) is 12.1 Å². The second-order valence-electron chi connectivity index (χ2n) is 4.67. The molecule has 0 unspecified atom stereocenters. The highest BCUT2D eigenvalue weighted by Gasteiger charge is 2.25. The standard InChI is InChI=1S/C12H10F2N4O2S/c13-7-3-4-8(18(19)20)11(14)10(7)12-17-16-9(21-12)5-15-6-1-2-6/h3-4,6,15H,1-2,5H2. The van der Waals surface area contributed by atoms with Crippen molar-refractivity contribution in [1.82, 2.24) is 15.5 Å². The third kappa shape index (κ3) is 2.88. The van der Waals surface area contributed by atoms with Crippen LogP contribution in [0.1, 0.15) is 17.8 Å². The number of nitro benzene ring substituents is 1. The first-order valence-corrected chi connectivity index (χ1v) is 7.06. The molecule has 1 aromatic carbocycles. The topological polar surface area (TPSA) is 81.0 Å². The molecule has 0 aliphatic heterocycles. The Morgan fingerprint density at radius 2 is 2.14 bits per heavy atom. The van der Waals surface area contributed by atoms with E-state index in [-0.39, 0.29) is 5.01 Å². The molecule has 1 fully saturated rings. The van der Waals surface area contributed by atoms with Crippen molar-refractivity contribution in [2.75, 3.05) is 0 Å². The summed E-state index contributed by atoms with van der Waals surface area (Å²) in [7, 11) is 0. The van der Waals surface area contributed by atoms with Gasteiger partial charge in [-0.2, -0.15) is 4.39 Å². The molecule has 1 N–H and O–H groups in total. The summed E-state index contributed by atoms with van der Waals surface area (Å²) in [4.78, 5) is 9.81. The number of hydrogen-bond donors (Lipinski definition) is 1. The number of benzene rings is 1. The molecule has 1 heterocycles. The molecular weight excluding hydrogens is 302 g/mol. The lowest BCUT2D eigenvalue weighted by molar-refractivity contribution is -0.387. The average Bonchev–Trinajstić information content (AvgIpc) is 3.15. The lowest BCUT2D eigenvalue weighted by atomic mass is 10.2. The zero-order valence-corrected chi connectivity index (χ0v) is 11.5. The van der Waals surface area contributed by atoms with Gasteiger partial charge in [0.2, 0.25) is 5.82 Å². The Morgan fingerprint density at radius 3 is 2.81 bits per heavy atom. The molecule has 9 heteroatoms. The molecular formula is C12H10F2N4O2S. The molecule has 0 saturated heterocycles. The van der Waals surface area contributed by atoms with E-state index in [1.54, 1.807) is 0 Å². The van der Waals surface area contributed by atoms with Crippen LogP contribution in [0.4, 0.5) is 14.5 Å². The van der Waals surface area contributed by atoms with E-state index in [2.05, 4.69) is 15.5 Å². The van der Waals surface area contributed by atoms with Gasteiger partial charge in [0.25, 0.3) is 0 Å². The summed E-state index contributed by atoms with van der Waals surface area (Å²) < 4.78 is 27.8. The summed E-state index contributed by atoms with van der Waals surface area (Å²) >= 11 is 1.02. The molecule has 6 nitrogen and oxygen atoms in total. The number of aromatic nitrogens is 2. The van der Waals surface area contributed by atoms with Crippen LogP contribution in [0, 0.1) is 21.7 Å². The highest BCUT2D eigenvalue weighted by Crippen LogP contribution is 2.33. The van der Waals surface area contributed by atoms with Crippen molar-refractivity contribution in [3.05, 3.63) is 38.9 Å². The summed E-state index contributed by atoms with van der Waals surface area (Å²) in [6.07, 6.45) is 2.22. The molecule has 110 valence electrons. The third-order valence-corrected chi connectivity index (χ3v) is 4.01. The van der Waals surface area contributed by atoms with Crippen LogP contribution in [-0.4, -0.2) is 21.2 Å². The van der Waals surface area contributed by atoms with E-state index >= 15 is 0 Å². The van der Waals surface area contributed by atoms with E-state index < -0.39 is 27.8 Å². The molecule has 1 aliphatic rings. The fourth-order valence-corrected chi connectivity index (χ4v) is 2.65. The van der Waals surface area contributed by atoms with Crippen LogP contribution >= 0.6 is 11.3 Å². The van der Waals surface area contributed by atoms with Gasteiger partial charge in [0, 0.05) is 18.7 Å². The van der Waals surface area contributed by atoms with Gasteiger partial charge in [-0.05, 0) is 18.9 Å². The predicted octanol–water partition coefficient (Wildman–Crippen LogP) is 2.64. The zero-order valence-electron chi connectivity index (χ0n) is 10.7. The van der Waals surface area contributed by atoms with E-state index in [1.807, 2.05) is 0 Å². The minimum absolute atomic E-state index is 0.00120. The van der Waals surface area contributed by atoms with Crippen molar-refractivity contribution < 1.29 is 13.7 Å². The normalized spacial score (nSPS) is 14.4. The Balaban J connectivity index is 1.91. The van der Waals surface area contributed by atoms with E-state index in [1.165, 1.54) is 0 Å². The van der Waals surface area contributed by atoms with Gasteiger partial charge in [-0.25, -0.2) is 4.39 Å². The van der Waals surface area contributed by atoms with Crippen LogP contribution in [0.5, 0.6) is 0 Å². The second-order valence-corrected chi connectivity index (χ2v) is 5.73. The van der Waals surface area contributed by atoms with Crippen molar-refractivity contribution in [2.24, 2.45) is 0 Å². The maximum absolute atomic E-state index is 14.0. The quantitative estimate of drug-likeness (QED) is 0.678. The Labute approximate surface area is 122 Å². The van der Waals surface area contributed by atoms with E-state index in [0.717, 1.165) is 36.3 Å². The van der Waals surface area contributed by atoms with Gasteiger partial charge in [0.15, 0.2) is 5.01 Å². The summed E-state index contributed by atoms with van der Waals surface area (Å²) in [5, 5.41) is 22.1. The highest BCUT2D eigenvalue weighted by atomic mass is 32.1. The molecule has 3 rings (SSSR count). The maximum atomic E-state index is 14.0. The van der Waals surface area contributed by atoms with E-state index in [4.69, 9.17) is 0 Å². The molecule has 1 aromatic heterocycles. The molecule has 21 heavy (non-hydrogen) atoms. The first kappa shape index (κ1) is 14.0. The van der Waals surface area contributed by atoms with Gasteiger partial charge in [-0.3, -0.25) is 10.1 Å². The largest absolute Gasteiger partial charge is 0.308 e. The smallest absolute Gasteiger partial charge is 0.305 e. The number of nitrogens with one attached hydrogen (secondary N) is 1. The highest BCUT2D eigenvalue weighted by molar-refractivity contribution is 7.14. The fourth-order valence-electron chi connectivity index (χ4n) is 1.82. The van der Waals surface area contributed by atoms with Gasteiger partial charge in [-0.15, -0.1) is 10.2 Å². The summed E-state index contributed by atoms with van der Waals surface area (Å²) in [6.45, 7) is 0.473. The van der Waals surface area contributed by atoms with E-state index in [9.17, 15) is 18.9 Å². The first-order valence-electron chi connectivity index (χ1n) is 6.25. The van der Waals surface area contributed by atoms with Crippen LogP contribution in [0.25, 0.3) is 10.6 Å². The molecule has 2 aromatic rings. The first-order chi connectivity index (χ1) is 10.1. The van der Waals surface area contributed by atoms with Crippen LogP contribution < -0.4 is 5.32 Å². The van der Waals surface area contributed by atoms with Crippen molar-refractivity contribution >= 4 is 17.0 Å². The van der Waals surface area contributed by atoms with Crippen molar-refractivity contribution in [3.8, 4) is 10.6 Å². The summed E-state index contributed by atoms with van der Waals surface area (Å²) in [5.41, 5.74) is -1.28. The minimum Gasteiger partial charge on any atom is -0.308 e. The monoisotopic (exact) mass is 312 g/mol. The van der Waals surface area contributed by atoms with Crippen LogP contribution in [0.2, 0.25) is 0 Å². The van der Waals surface area contributed by atoms with Crippen LogP contribution in [0.3, 0.4) is 0 Å². The Kier molecular flexibility index (Phi) is 3.60. The number of rotatable bonds is 5. The minimum atomic E-state index is -1.22. The van der Waals surface area contributed by atoms with Gasteiger partial charge >= 0.3 is 5.69 Å². The zero-order chi connectivity index (χ0) is 15.0. The Hall–Kier alpha value is -2.00. The van der Waals surface area contributed by atoms with Gasteiger partial charge in [0.05, 0.1) is 10.5 Å². The molecule has 1 aliphatic carbocycles. The number of hydrogen-bond acceptors (Lipinski definition) is 6. The van der Waals surface area contributed by atoms with E-state index in [0.29, 0.717) is 17.6 Å². The average molecular weight is 312 g/mol. The predicted molar refractivity (Wildman–Crippen MR) is 71.8 cm³/mol. The fraction of sp³-hybridized carbons (Fsp3) is 0.333.